The summed E-state index contributed by atoms with van der Waals surface area (Å²) in [5, 5.41) is 0. The van der Waals surface area contributed by atoms with Crippen molar-refractivity contribution in [3.63, 3.8) is 0 Å². The maximum atomic E-state index is 8.33. The van der Waals surface area contributed by atoms with Gasteiger partial charge in [-0.3, -0.25) is 0 Å². The fourth-order valence-electron chi connectivity index (χ4n) is 0. The summed E-state index contributed by atoms with van der Waals surface area (Å²) in [6.07, 6.45) is 0. The van der Waals surface area contributed by atoms with Crippen LogP contribution in [0.25, 0.3) is 0 Å². The molecule has 0 fully saturated rings. The van der Waals surface area contributed by atoms with E-state index in [9.17, 15) is 0 Å². The number of hydrogen-bond acceptors (Lipinski definition) is 2. The number of hydrogen-bond donors (Lipinski definition) is 0. The Kier molecular flexibility index (Phi) is 72.2. The van der Waals surface area contributed by atoms with Crippen LogP contribution in [-0.4, -0.2) is 23.0 Å². The minimum atomic E-state index is 0.333. The van der Waals surface area contributed by atoms with Crippen LogP contribution in [-0.2, 0) is 26.2 Å². The second kappa shape index (κ2) is 32.4. The predicted octanol–water partition coefficient (Wildman–Crippen LogP) is -0.621. The van der Waals surface area contributed by atoms with Gasteiger partial charge in [-0.05, 0) is 0 Å². The Bertz CT molecular complexity index is 8.00. The normalized spacial score (nSPS) is 2.00. The van der Waals surface area contributed by atoms with Gasteiger partial charge in [0.2, 0.25) is 0 Å². The van der Waals surface area contributed by atoms with Gasteiger partial charge in [0.1, 0.15) is 0 Å². The summed E-state index contributed by atoms with van der Waals surface area (Å²) in [5.74, 6) is 0. The van der Waals surface area contributed by atoms with E-state index in [1.807, 2.05) is 0 Å². The molecule has 0 rings (SSSR count). The van der Waals surface area contributed by atoms with Gasteiger partial charge < -0.3 is 0 Å². The summed E-state index contributed by atoms with van der Waals surface area (Å²) in [6, 6.07) is 0. The summed E-state index contributed by atoms with van der Waals surface area (Å²) in [5.41, 5.74) is 0. The minimum absolute atomic E-state index is 0.333. The molecule has 2 nitrogen and oxygen atoms in total. The first-order valence-corrected chi connectivity index (χ1v) is 2.59. The Morgan fingerprint density at radius 3 is 1.25 bits per heavy atom. The van der Waals surface area contributed by atoms with Crippen molar-refractivity contribution in [1.29, 1.82) is 0 Å². The molecular weight excluding hydrogens is 338 g/mol. The average molecular weight is 338 g/mol. The fraction of sp³-hybridized carbons (Fsp3) is 0. The van der Waals surface area contributed by atoms with Crippen molar-refractivity contribution in [2.45, 2.75) is 0 Å². The third-order valence-corrected chi connectivity index (χ3v) is 0. The summed E-state index contributed by atoms with van der Waals surface area (Å²) >= 11 is 0.833. The molecule has 23 valence electrons. The molecule has 0 aromatic carbocycles. The molecule has 0 aromatic rings. The first-order chi connectivity index (χ1) is 2.00. The second-order valence-corrected chi connectivity index (χ2v) is 0. The average Bonchev–Trinajstić information content (AvgIpc) is 1.50. The van der Waals surface area contributed by atoms with Gasteiger partial charge in [-0.25, -0.2) is 0 Å². The van der Waals surface area contributed by atoms with E-state index in [1.54, 1.807) is 0 Å². The summed E-state index contributed by atoms with van der Waals surface area (Å²) in [4.78, 5) is 0. The number of rotatable bonds is 0. The fourth-order valence-corrected chi connectivity index (χ4v) is 0. The van der Waals surface area contributed by atoms with E-state index in [0.29, 0.717) is 42.8 Å². The van der Waals surface area contributed by atoms with E-state index in [0.717, 1.165) is 0 Å². The van der Waals surface area contributed by atoms with Crippen LogP contribution in [0.2, 0.25) is 0 Å². The van der Waals surface area contributed by atoms with Gasteiger partial charge in [-0.15, -0.1) is 0 Å². The van der Waals surface area contributed by atoms with Crippen molar-refractivity contribution < 1.29 is 26.2 Å². The molecule has 0 N–H and O–H groups in total. The van der Waals surface area contributed by atoms with Crippen LogP contribution in [0.3, 0.4) is 0 Å². The van der Waals surface area contributed by atoms with Crippen molar-refractivity contribution in [2.75, 3.05) is 0 Å². The van der Waals surface area contributed by atoms with Gasteiger partial charge in [0.05, 0.1) is 0 Å². The van der Waals surface area contributed by atoms with Gasteiger partial charge in [-0.1, -0.05) is 0 Å². The zero-order valence-electron chi connectivity index (χ0n) is 1.67. The van der Waals surface area contributed by atoms with Crippen LogP contribution in [0.15, 0.2) is 0 Å². The first kappa shape index (κ1) is 8.92. The summed E-state index contributed by atoms with van der Waals surface area (Å²) in [7, 11) is 0. The third-order valence-electron chi connectivity index (χ3n) is 0. The molecule has 0 heterocycles. The van der Waals surface area contributed by atoms with Gasteiger partial charge in [0, 0.05) is 0 Å². The molecule has 0 aromatic heterocycles. The van der Waals surface area contributed by atoms with Gasteiger partial charge in [0.15, 0.2) is 0 Å². The van der Waals surface area contributed by atoms with E-state index >= 15 is 0 Å². The molecule has 0 atom stereocenters. The molecule has 0 aliphatic carbocycles. The molecule has 4 heavy (non-hydrogen) atoms. The summed E-state index contributed by atoms with van der Waals surface area (Å²) < 4.78 is 16.6. The van der Waals surface area contributed by atoms with Gasteiger partial charge >= 0.3 is 49.2 Å². The van der Waals surface area contributed by atoms with Gasteiger partial charge in [0.25, 0.3) is 0 Å². The van der Waals surface area contributed by atoms with Crippen LogP contribution in [0.4, 0.5) is 0 Å². The van der Waals surface area contributed by atoms with Crippen LogP contribution in [0.1, 0.15) is 0 Å². The van der Waals surface area contributed by atoms with Crippen LogP contribution in [0.5, 0.6) is 0 Å². The van der Waals surface area contributed by atoms with Crippen LogP contribution >= 0.6 is 0 Å². The van der Waals surface area contributed by atoms with Gasteiger partial charge in [-0.2, -0.15) is 0 Å². The Balaban J connectivity index is 0. The van der Waals surface area contributed by atoms with Crippen LogP contribution in [0, 0.1) is 0 Å². The predicted molar refractivity (Wildman–Crippen MR) is 7.13 cm³/mol. The molecule has 0 aliphatic heterocycles. The van der Waals surface area contributed by atoms with Crippen molar-refractivity contribution in [2.24, 2.45) is 0 Å². The molecule has 0 aliphatic rings. The standard InChI is InChI=1S/2O.Sb.W. The van der Waals surface area contributed by atoms with Crippen molar-refractivity contribution in [3.05, 3.63) is 0 Å². The molecular formula is O2SbW. The summed E-state index contributed by atoms with van der Waals surface area (Å²) in [6.45, 7) is 0. The van der Waals surface area contributed by atoms with Crippen molar-refractivity contribution >= 4 is 23.0 Å². The molecule has 0 saturated heterocycles. The zero-order valence-corrected chi connectivity index (χ0v) is 7.16. The molecule has 0 bridgehead atoms. The molecule has 4 heteroatoms. The quantitative estimate of drug-likeness (QED) is 0.552. The zero-order chi connectivity index (χ0) is 4.00. The van der Waals surface area contributed by atoms with E-state index in [4.69, 9.17) is 6.42 Å². The van der Waals surface area contributed by atoms with Crippen molar-refractivity contribution in [3.8, 4) is 0 Å². The monoisotopic (exact) mass is 337 g/mol. The first-order valence-electron chi connectivity index (χ1n) is 0.349. The van der Waals surface area contributed by atoms with E-state index in [-0.39, 0.29) is 0 Å². The molecule has 0 spiro atoms. The Morgan fingerprint density at radius 2 is 1.25 bits per heavy atom. The van der Waals surface area contributed by atoms with E-state index < -0.39 is 0 Å². The Hall–Kier alpha value is 1.11. The Morgan fingerprint density at radius 1 is 1.25 bits per heavy atom. The molecule has 0 saturated carbocycles. The van der Waals surface area contributed by atoms with Crippen LogP contribution < -0.4 is 0 Å². The maximum absolute atomic E-state index is 8.33. The second-order valence-electron chi connectivity index (χ2n) is 0. The SMILES string of the molecule is [O]=[Sb].[O]=[W]. The Labute approximate surface area is 49.0 Å². The van der Waals surface area contributed by atoms with E-state index in [2.05, 4.69) is 0 Å². The third kappa shape index (κ3) is 11.3. The molecule has 0 unspecified atom stereocenters. The van der Waals surface area contributed by atoms with E-state index in [1.165, 1.54) is 0 Å². The molecule has 1 radical (unpaired) electrons. The topological polar surface area (TPSA) is 34.1 Å². The van der Waals surface area contributed by atoms with Crippen molar-refractivity contribution in [1.82, 2.24) is 0 Å². The molecule has 0 amide bonds.